The summed E-state index contributed by atoms with van der Waals surface area (Å²) < 4.78 is 10.9. The molecule has 0 aromatic heterocycles. The maximum atomic E-state index is 6.06. The van der Waals surface area contributed by atoms with Crippen LogP contribution < -0.4 is 15.2 Å². The molecule has 1 aromatic rings. The fourth-order valence-corrected chi connectivity index (χ4v) is 2.57. The molecule has 1 fully saturated rings. The van der Waals surface area contributed by atoms with Gasteiger partial charge in [0.15, 0.2) is 11.5 Å². The van der Waals surface area contributed by atoms with Gasteiger partial charge in [-0.25, -0.2) is 0 Å². The van der Waals surface area contributed by atoms with E-state index in [0.717, 1.165) is 31.1 Å². The number of ether oxygens (including phenoxy) is 2. The van der Waals surface area contributed by atoms with Crippen molar-refractivity contribution < 1.29 is 9.47 Å². The molecule has 2 N–H and O–H groups in total. The predicted molar refractivity (Wildman–Crippen MR) is 83.8 cm³/mol. The SMILES string of the molecule is CCOc1ccc(CN2CC(C)C(N)C2)cc1OC.Cl. The summed E-state index contributed by atoms with van der Waals surface area (Å²) in [6.07, 6.45) is 0. The van der Waals surface area contributed by atoms with Crippen LogP contribution in [0.25, 0.3) is 0 Å². The largest absolute Gasteiger partial charge is 0.493 e. The van der Waals surface area contributed by atoms with E-state index in [-0.39, 0.29) is 12.4 Å². The van der Waals surface area contributed by atoms with Crippen LogP contribution in [0.15, 0.2) is 18.2 Å². The van der Waals surface area contributed by atoms with Gasteiger partial charge in [0.25, 0.3) is 0 Å². The lowest BCUT2D eigenvalue weighted by atomic mass is 10.1. The van der Waals surface area contributed by atoms with Gasteiger partial charge >= 0.3 is 0 Å². The van der Waals surface area contributed by atoms with Gasteiger partial charge in [0.05, 0.1) is 13.7 Å². The highest BCUT2D eigenvalue weighted by atomic mass is 35.5. The van der Waals surface area contributed by atoms with Crippen LogP contribution in [0.5, 0.6) is 11.5 Å². The first-order valence-corrected chi connectivity index (χ1v) is 6.91. The second kappa shape index (κ2) is 7.72. The topological polar surface area (TPSA) is 47.7 Å². The number of nitrogens with two attached hydrogens (primary N) is 1. The van der Waals surface area contributed by atoms with Crippen molar-refractivity contribution in [2.75, 3.05) is 26.8 Å². The van der Waals surface area contributed by atoms with Crippen LogP contribution in [0.1, 0.15) is 19.4 Å². The molecular formula is C15H25ClN2O2. The zero-order valence-corrected chi connectivity index (χ0v) is 13.3. The monoisotopic (exact) mass is 300 g/mol. The van der Waals surface area contributed by atoms with Crippen molar-refractivity contribution >= 4 is 12.4 Å². The first-order valence-electron chi connectivity index (χ1n) is 6.91. The minimum absolute atomic E-state index is 0. The zero-order chi connectivity index (χ0) is 13.8. The van der Waals surface area contributed by atoms with Crippen molar-refractivity contribution in [2.24, 2.45) is 11.7 Å². The number of methoxy groups -OCH3 is 1. The second-order valence-corrected chi connectivity index (χ2v) is 5.25. The lowest BCUT2D eigenvalue weighted by molar-refractivity contribution is 0.305. The minimum atomic E-state index is 0. The molecule has 2 rings (SSSR count). The van der Waals surface area contributed by atoms with E-state index >= 15 is 0 Å². The number of rotatable bonds is 5. The van der Waals surface area contributed by atoms with Gasteiger partial charge in [-0.1, -0.05) is 13.0 Å². The molecule has 20 heavy (non-hydrogen) atoms. The van der Waals surface area contributed by atoms with Crippen molar-refractivity contribution in [3.05, 3.63) is 23.8 Å². The predicted octanol–water partition coefficient (Wildman–Crippen LogP) is 2.29. The van der Waals surface area contributed by atoms with Crippen LogP contribution in [0.4, 0.5) is 0 Å². The van der Waals surface area contributed by atoms with Crippen molar-refractivity contribution in [2.45, 2.75) is 26.4 Å². The molecule has 2 unspecified atom stereocenters. The Labute approximate surface area is 127 Å². The number of halogens is 1. The molecule has 1 saturated heterocycles. The lowest BCUT2D eigenvalue weighted by Gasteiger charge is -2.17. The molecule has 0 spiro atoms. The van der Waals surface area contributed by atoms with Gasteiger partial charge in [-0.15, -0.1) is 12.4 Å². The van der Waals surface area contributed by atoms with Crippen LogP contribution in [-0.2, 0) is 6.54 Å². The Morgan fingerprint density at radius 2 is 2.05 bits per heavy atom. The van der Waals surface area contributed by atoms with Gasteiger partial charge < -0.3 is 15.2 Å². The van der Waals surface area contributed by atoms with Crippen LogP contribution in [0.2, 0.25) is 0 Å². The van der Waals surface area contributed by atoms with Crippen LogP contribution in [-0.4, -0.2) is 37.7 Å². The summed E-state index contributed by atoms with van der Waals surface area (Å²) in [5.74, 6) is 2.18. The summed E-state index contributed by atoms with van der Waals surface area (Å²) in [7, 11) is 1.68. The third-order valence-corrected chi connectivity index (χ3v) is 3.68. The van der Waals surface area contributed by atoms with Crippen molar-refractivity contribution in [1.29, 1.82) is 0 Å². The highest BCUT2D eigenvalue weighted by molar-refractivity contribution is 5.85. The standard InChI is InChI=1S/C15H24N2O2.ClH/c1-4-19-14-6-5-12(7-15(14)18-3)9-17-8-11(2)13(16)10-17;/h5-7,11,13H,4,8-10,16H2,1-3H3;1H. The summed E-state index contributed by atoms with van der Waals surface area (Å²) >= 11 is 0. The Bertz CT molecular complexity index is 418. The Morgan fingerprint density at radius 1 is 1.30 bits per heavy atom. The summed E-state index contributed by atoms with van der Waals surface area (Å²) in [6, 6.07) is 6.43. The fraction of sp³-hybridized carbons (Fsp3) is 0.600. The highest BCUT2D eigenvalue weighted by Crippen LogP contribution is 2.29. The Balaban J connectivity index is 0.00000200. The molecule has 0 radical (unpaired) electrons. The van der Waals surface area contributed by atoms with Gasteiger partial charge in [0.2, 0.25) is 0 Å². The van der Waals surface area contributed by atoms with E-state index < -0.39 is 0 Å². The van der Waals surface area contributed by atoms with E-state index in [0.29, 0.717) is 18.6 Å². The maximum Gasteiger partial charge on any atom is 0.161 e. The smallest absolute Gasteiger partial charge is 0.161 e. The van der Waals surface area contributed by atoms with E-state index in [2.05, 4.69) is 24.0 Å². The lowest BCUT2D eigenvalue weighted by Crippen LogP contribution is -2.28. The van der Waals surface area contributed by atoms with Gasteiger partial charge in [0.1, 0.15) is 0 Å². The van der Waals surface area contributed by atoms with Crippen LogP contribution in [0.3, 0.4) is 0 Å². The first-order chi connectivity index (χ1) is 9.13. The average molecular weight is 301 g/mol. The molecule has 4 nitrogen and oxygen atoms in total. The maximum absolute atomic E-state index is 6.06. The molecule has 0 aliphatic carbocycles. The van der Waals surface area contributed by atoms with Crippen molar-refractivity contribution in [1.82, 2.24) is 4.90 Å². The van der Waals surface area contributed by atoms with Gasteiger partial charge in [0, 0.05) is 25.7 Å². The van der Waals surface area contributed by atoms with Crippen molar-refractivity contribution in [3.8, 4) is 11.5 Å². The number of hydrogen-bond donors (Lipinski definition) is 1. The number of likely N-dealkylation sites (tertiary alicyclic amines) is 1. The third-order valence-electron chi connectivity index (χ3n) is 3.68. The molecule has 114 valence electrons. The van der Waals surface area contributed by atoms with Gasteiger partial charge in [-0.2, -0.15) is 0 Å². The quantitative estimate of drug-likeness (QED) is 0.906. The Kier molecular flexibility index (Phi) is 6.59. The molecule has 1 heterocycles. The molecule has 1 aromatic carbocycles. The number of benzene rings is 1. The third kappa shape index (κ3) is 4.01. The fourth-order valence-electron chi connectivity index (χ4n) is 2.57. The van der Waals surface area contributed by atoms with Gasteiger partial charge in [-0.3, -0.25) is 4.90 Å². The molecule has 1 aliphatic rings. The molecule has 0 saturated carbocycles. The summed E-state index contributed by atoms with van der Waals surface area (Å²) in [5, 5.41) is 0. The van der Waals surface area contributed by atoms with E-state index in [9.17, 15) is 0 Å². The van der Waals surface area contributed by atoms with E-state index in [1.54, 1.807) is 7.11 Å². The minimum Gasteiger partial charge on any atom is -0.493 e. The molecule has 1 aliphatic heterocycles. The molecule has 5 heteroatoms. The van der Waals surface area contributed by atoms with Crippen molar-refractivity contribution in [3.63, 3.8) is 0 Å². The second-order valence-electron chi connectivity index (χ2n) is 5.25. The van der Waals surface area contributed by atoms with Crippen LogP contribution >= 0.6 is 12.4 Å². The molecule has 0 amide bonds. The summed E-state index contributed by atoms with van der Waals surface area (Å²) in [4.78, 5) is 2.39. The molecule has 0 bridgehead atoms. The summed E-state index contributed by atoms with van der Waals surface area (Å²) in [6.45, 7) is 7.78. The zero-order valence-electron chi connectivity index (χ0n) is 12.5. The normalized spacial score (nSPS) is 22.4. The van der Waals surface area contributed by atoms with E-state index in [1.807, 2.05) is 13.0 Å². The van der Waals surface area contributed by atoms with E-state index in [1.165, 1.54) is 5.56 Å². The first kappa shape index (κ1) is 17.1. The molecule has 2 atom stereocenters. The number of hydrogen-bond acceptors (Lipinski definition) is 4. The summed E-state index contributed by atoms with van der Waals surface area (Å²) in [5.41, 5.74) is 7.29. The Hall–Kier alpha value is -0.970. The average Bonchev–Trinajstić information content (AvgIpc) is 2.70. The number of nitrogens with zero attached hydrogens (tertiary/aromatic N) is 1. The Morgan fingerprint density at radius 3 is 2.60 bits per heavy atom. The van der Waals surface area contributed by atoms with E-state index in [4.69, 9.17) is 15.2 Å². The van der Waals surface area contributed by atoms with Crippen LogP contribution in [0, 0.1) is 5.92 Å². The van der Waals surface area contributed by atoms with Gasteiger partial charge in [-0.05, 0) is 30.5 Å². The molecular weight excluding hydrogens is 276 g/mol. The highest BCUT2D eigenvalue weighted by Gasteiger charge is 2.26.